The summed E-state index contributed by atoms with van der Waals surface area (Å²) in [4.78, 5) is 29.8. The molecule has 5 rings (SSSR count). The highest BCUT2D eigenvalue weighted by Gasteiger charge is 2.35. The van der Waals surface area contributed by atoms with Crippen molar-refractivity contribution in [2.75, 3.05) is 12.0 Å². The van der Waals surface area contributed by atoms with E-state index in [9.17, 15) is 14.7 Å². The number of aromatic hydroxyl groups is 1. The molecule has 1 fully saturated rings. The Labute approximate surface area is 246 Å². The molecule has 42 heavy (non-hydrogen) atoms. The van der Waals surface area contributed by atoms with E-state index in [4.69, 9.17) is 4.74 Å². The van der Waals surface area contributed by atoms with Gasteiger partial charge in [0, 0.05) is 11.2 Å². The van der Waals surface area contributed by atoms with Gasteiger partial charge in [-0.3, -0.25) is 14.5 Å². The molecule has 0 aliphatic heterocycles. The third kappa shape index (κ3) is 6.40. The molecular weight excluding hydrogens is 530 g/mol. The van der Waals surface area contributed by atoms with Crippen molar-refractivity contribution in [3.05, 3.63) is 77.9 Å². The molecule has 0 bridgehead atoms. The molecule has 1 unspecified atom stereocenters. The van der Waals surface area contributed by atoms with Gasteiger partial charge in [0.25, 0.3) is 0 Å². The van der Waals surface area contributed by atoms with Gasteiger partial charge in [-0.05, 0) is 87.1 Å². The summed E-state index contributed by atoms with van der Waals surface area (Å²) in [5.41, 5.74) is 3.10. The number of benzene rings is 3. The highest BCUT2D eigenvalue weighted by atomic mass is 16.5. The second kappa shape index (κ2) is 12.2. The summed E-state index contributed by atoms with van der Waals surface area (Å²) in [6.45, 7) is 5.53. The van der Waals surface area contributed by atoms with Crippen molar-refractivity contribution >= 4 is 28.5 Å². The first kappa shape index (κ1) is 29.1. The lowest BCUT2D eigenvalue weighted by atomic mass is 9.84. The van der Waals surface area contributed by atoms with Gasteiger partial charge < -0.3 is 15.2 Å². The lowest BCUT2D eigenvalue weighted by Gasteiger charge is -2.34. The van der Waals surface area contributed by atoms with Gasteiger partial charge in [-0.2, -0.15) is 0 Å². The largest absolute Gasteiger partial charge is 0.504 e. The maximum absolute atomic E-state index is 14.3. The van der Waals surface area contributed by atoms with Gasteiger partial charge in [0.2, 0.25) is 11.8 Å². The van der Waals surface area contributed by atoms with Crippen molar-refractivity contribution in [1.82, 2.24) is 20.3 Å². The van der Waals surface area contributed by atoms with Crippen LogP contribution in [0.25, 0.3) is 11.0 Å². The summed E-state index contributed by atoms with van der Waals surface area (Å²) in [6.07, 6.45) is 6.02. The number of hydrogen-bond donors (Lipinski definition) is 2. The number of hydrogen-bond acceptors (Lipinski definition) is 6. The van der Waals surface area contributed by atoms with Gasteiger partial charge in [-0.1, -0.05) is 54.8 Å². The van der Waals surface area contributed by atoms with Crippen molar-refractivity contribution in [1.29, 1.82) is 0 Å². The van der Waals surface area contributed by atoms with Crippen LogP contribution in [-0.4, -0.2) is 44.6 Å². The zero-order valence-corrected chi connectivity index (χ0v) is 24.7. The van der Waals surface area contributed by atoms with E-state index in [1.807, 2.05) is 57.2 Å². The van der Waals surface area contributed by atoms with Crippen LogP contribution in [0, 0.1) is 0 Å². The normalized spacial score (nSPS) is 14.9. The minimum absolute atomic E-state index is 0.120. The highest BCUT2D eigenvalue weighted by Crippen LogP contribution is 2.37. The average molecular weight is 570 g/mol. The van der Waals surface area contributed by atoms with Crippen LogP contribution in [0.15, 0.2) is 66.7 Å². The number of nitrogens with zero attached hydrogens (tertiary/aromatic N) is 4. The second-order valence-electron chi connectivity index (χ2n) is 12.0. The van der Waals surface area contributed by atoms with E-state index in [0.717, 1.165) is 18.4 Å². The third-order valence-corrected chi connectivity index (χ3v) is 7.75. The van der Waals surface area contributed by atoms with E-state index in [1.165, 1.54) is 42.9 Å². The predicted molar refractivity (Wildman–Crippen MR) is 163 cm³/mol. The molecule has 0 spiro atoms. The summed E-state index contributed by atoms with van der Waals surface area (Å²) in [5.74, 6) is -0.0685. The van der Waals surface area contributed by atoms with Crippen LogP contribution in [-0.2, 0) is 16.1 Å². The van der Waals surface area contributed by atoms with Crippen LogP contribution in [0.2, 0.25) is 0 Å². The highest BCUT2D eigenvalue weighted by molar-refractivity contribution is 6.01. The maximum Gasteiger partial charge on any atom is 0.249 e. The van der Waals surface area contributed by atoms with E-state index in [1.54, 1.807) is 16.8 Å². The van der Waals surface area contributed by atoms with Gasteiger partial charge in [-0.25, -0.2) is 4.68 Å². The minimum Gasteiger partial charge on any atom is -0.504 e. The SMILES string of the molecule is COc1ccc(C(C(=O)NC(C)(C)C)N(C(=O)Cn2nnc3ccccc32)c2ccc(C3CCCCC3)cc2)cc1O. The van der Waals surface area contributed by atoms with Gasteiger partial charge >= 0.3 is 0 Å². The molecule has 1 aliphatic rings. The molecule has 2 amide bonds. The van der Waals surface area contributed by atoms with Crippen LogP contribution in [0.4, 0.5) is 5.69 Å². The first-order valence-electron chi connectivity index (χ1n) is 14.5. The zero-order valence-electron chi connectivity index (χ0n) is 24.7. The van der Waals surface area contributed by atoms with Crippen molar-refractivity contribution in [3.63, 3.8) is 0 Å². The molecule has 2 N–H and O–H groups in total. The number of rotatable bonds is 8. The maximum atomic E-state index is 14.3. The quantitative estimate of drug-likeness (QED) is 0.274. The Kier molecular flexibility index (Phi) is 8.47. The Morgan fingerprint density at radius 1 is 1.05 bits per heavy atom. The van der Waals surface area contributed by atoms with Gasteiger partial charge in [0.1, 0.15) is 18.1 Å². The Balaban J connectivity index is 1.60. The lowest BCUT2D eigenvalue weighted by Crippen LogP contribution is -2.50. The smallest absolute Gasteiger partial charge is 0.249 e. The number of phenols is 1. The number of carbonyl (C=O) groups excluding carboxylic acids is 2. The molecule has 1 aliphatic carbocycles. The number of methoxy groups -OCH3 is 1. The molecule has 3 aromatic carbocycles. The fraction of sp³-hybridized carbons (Fsp3) is 0.394. The average Bonchev–Trinajstić information content (AvgIpc) is 3.38. The van der Waals surface area contributed by atoms with E-state index in [0.29, 0.717) is 22.7 Å². The van der Waals surface area contributed by atoms with Crippen LogP contribution in [0.1, 0.15) is 76.0 Å². The molecular formula is C33H39N5O4. The Bertz CT molecular complexity index is 1550. The van der Waals surface area contributed by atoms with Crippen LogP contribution in [0.5, 0.6) is 11.5 Å². The van der Waals surface area contributed by atoms with Crippen molar-refractivity contribution in [2.45, 2.75) is 76.9 Å². The summed E-state index contributed by atoms with van der Waals surface area (Å²) in [7, 11) is 1.46. The van der Waals surface area contributed by atoms with Gasteiger partial charge in [0.05, 0.1) is 12.6 Å². The molecule has 0 radical (unpaired) electrons. The summed E-state index contributed by atoms with van der Waals surface area (Å²) < 4.78 is 6.79. The summed E-state index contributed by atoms with van der Waals surface area (Å²) >= 11 is 0. The van der Waals surface area contributed by atoms with Crippen molar-refractivity contribution in [3.8, 4) is 11.5 Å². The first-order valence-corrected chi connectivity index (χ1v) is 14.5. The summed E-state index contributed by atoms with van der Waals surface area (Å²) in [6, 6.07) is 19.1. The fourth-order valence-corrected chi connectivity index (χ4v) is 5.75. The number of phenolic OH excluding ortho intramolecular Hbond substituents is 1. The number of amides is 2. The number of anilines is 1. The summed E-state index contributed by atoms with van der Waals surface area (Å²) in [5, 5.41) is 22.1. The van der Waals surface area contributed by atoms with Crippen LogP contribution in [0.3, 0.4) is 0 Å². The van der Waals surface area contributed by atoms with Crippen molar-refractivity contribution < 1.29 is 19.4 Å². The Morgan fingerprint density at radius 2 is 1.76 bits per heavy atom. The predicted octanol–water partition coefficient (Wildman–Crippen LogP) is 5.88. The molecule has 1 atom stereocenters. The Morgan fingerprint density at radius 3 is 2.43 bits per heavy atom. The molecule has 220 valence electrons. The molecule has 1 heterocycles. The standard InChI is InChI=1S/C33H39N5O4/c1-33(2,3)34-32(41)31(24-16-19-29(42-4)28(39)20-24)38(25-17-14-23(15-18-25)22-10-6-5-7-11-22)30(40)21-37-27-13-9-8-12-26(27)35-36-37/h8-9,12-20,22,31,39H,5-7,10-11,21H2,1-4H3,(H,34,41). The molecule has 9 heteroatoms. The van der Waals surface area contributed by atoms with E-state index < -0.39 is 11.6 Å². The second-order valence-corrected chi connectivity index (χ2v) is 12.0. The number of ether oxygens (including phenoxy) is 1. The molecule has 4 aromatic rings. The van der Waals surface area contributed by atoms with Crippen LogP contribution < -0.4 is 15.0 Å². The van der Waals surface area contributed by atoms with Crippen LogP contribution >= 0.6 is 0 Å². The number of nitrogens with one attached hydrogen (secondary N) is 1. The Hall–Kier alpha value is -4.40. The molecule has 9 nitrogen and oxygen atoms in total. The fourth-order valence-electron chi connectivity index (χ4n) is 5.75. The molecule has 1 saturated carbocycles. The van der Waals surface area contributed by atoms with Gasteiger partial charge in [0.15, 0.2) is 11.5 Å². The third-order valence-electron chi connectivity index (χ3n) is 7.75. The zero-order chi connectivity index (χ0) is 29.9. The molecule has 0 saturated heterocycles. The van der Waals surface area contributed by atoms with Crippen molar-refractivity contribution in [2.24, 2.45) is 0 Å². The van der Waals surface area contributed by atoms with E-state index in [2.05, 4.69) is 27.8 Å². The number of carbonyl (C=O) groups is 2. The monoisotopic (exact) mass is 569 g/mol. The number of aromatic nitrogens is 3. The van der Waals surface area contributed by atoms with Gasteiger partial charge in [-0.15, -0.1) is 5.10 Å². The number of para-hydroxylation sites is 1. The first-order chi connectivity index (χ1) is 20.1. The van der Waals surface area contributed by atoms with E-state index >= 15 is 0 Å². The topological polar surface area (TPSA) is 110 Å². The minimum atomic E-state index is -1.08. The number of fused-ring (bicyclic) bond motifs is 1. The molecule has 1 aromatic heterocycles. The lowest BCUT2D eigenvalue weighted by molar-refractivity contribution is -0.128. The van der Waals surface area contributed by atoms with E-state index in [-0.39, 0.29) is 29.9 Å².